The number of Topliss-reactive ketones (excluding diaryl/α,β-unsaturated/α-hetero) is 1. The molecule has 0 unspecified atom stereocenters. The molecule has 0 saturated heterocycles. The van der Waals surface area contributed by atoms with Crippen LogP contribution in [-0.2, 0) is 10.8 Å². The highest BCUT2D eigenvalue weighted by atomic mass is 16.3. The molecule has 0 aliphatic carbocycles. The molecule has 0 atom stereocenters. The number of carbonyl (C=O) groups is 1. The molecule has 6 rings (SSSR count). The highest BCUT2D eigenvalue weighted by molar-refractivity contribution is 5.93. The normalized spacial score (nSPS) is 8.10. The van der Waals surface area contributed by atoms with Crippen LogP contribution in [0.4, 0.5) is 0 Å². The molecular formula is C66H112O6. The number of aliphatic hydroxyl groups excluding tert-OH is 3. The van der Waals surface area contributed by atoms with Gasteiger partial charge in [0.1, 0.15) is 5.75 Å². The number of allylic oxidation sites excluding steroid dienone is 2. The number of aromatic hydroxyl groups is 1. The molecule has 0 radical (unpaired) electrons. The molecule has 6 nitrogen and oxygen atoms in total. The number of carbonyl (C=O) groups excluding carboxylic acids is 1. The topological polar surface area (TPSA) is 129 Å². The van der Waals surface area contributed by atoms with Crippen molar-refractivity contribution in [2.45, 2.75) is 164 Å². The summed E-state index contributed by atoms with van der Waals surface area (Å²) in [5.41, 5.74) is 9.15. The van der Waals surface area contributed by atoms with Gasteiger partial charge in [-0.25, -0.2) is 0 Å². The van der Waals surface area contributed by atoms with Crippen molar-refractivity contribution in [3.8, 4) is 5.75 Å². The maximum absolute atomic E-state index is 10.6. The molecule has 412 valence electrons. The smallest absolute Gasteiger partial charge is 0.159 e. The van der Waals surface area contributed by atoms with Crippen molar-refractivity contribution in [2.75, 3.05) is 21.3 Å². The zero-order valence-corrected chi connectivity index (χ0v) is 49.5. The van der Waals surface area contributed by atoms with Crippen LogP contribution in [0.1, 0.15) is 185 Å². The average Bonchev–Trinajstić information content (AvgIpc) is 3.45. The summed E-state index contributed by atoms with van der Waals surface area (Å²) in [6, 6.07) is 60.6. The fraction of sp³-hybridized carbons (Fsp3) is 0.409. The van der Waals surface area contributed by atoms with Gasteiger partial charge in [-0.2, -0.15) is 0 Å². The third kappa shape index (κ3) is 46.7. The van der Waals surface area contributed by atoms with E-state index in [1.807, 2.05) is 119 Å². The van der Waals surface area contributed by atoms with Crippen LogP contribution in [0.2, 0.25) is 0 Å². The van der Waals surface area contributed by atoms with Gasteiger partial charge in [0.2, 0.25) is 0 Å². The molecule has 72 heavy (non-hydrogen) atoms. The lowest BCUT2D eigenvalue weighted by atomic mass is 9.71. The van der Waals surface area contributed by atoms with E-state index in [0.29, 0.717) is 11.2 Å². The monoisotopic (exact) mass is 1000 g/mol. The van der Waals surface area contributed by atoms with Gasteiger partial charge in [-0.3, -0.25) is 4.79 Å². The Labute approximate surface area is 446 Å². The minimum atomic E-state index is -0.121. The Balaban J connectivity index is -0.0000000805. The Hall–Kier alpha value is -5.63. The summed E-state index contributed by atoms with van der Waals surface area (Å²) in [5, 5.41) is 29.6. The highest BCUT2D eigenvalue weighted by Gasteiger charge is 2.30. The molecule has 6 heteroatoms. The maximum atomic E-state index is 10.6. The predicted molar refractivity (Wildman–Crippen MR) is 327 cm³/mol. The van der Waals surface area contributed by atoms with Crippen LogP contribution in [0.25, 0.3) is 0 Å². The van der Waals surface area contributed by atoms with E-state index in [2.05, 4.69) is 177 Å². The van der Waals surface area contributed by atoms with Crippen molar-refractivity contribution >= 4 is 5.78 Å². The molecule has 0 aliphatic rings. The van der Waals surface area contributed by atoms with Crippen LogP contribution >= 0.6 is 0 Å². The fourth-order valence-corrected chi connectivity index (χ4v) is 4.85. The van der Waals surface area contributed by atoms with Crippen molar-refractivity contribution in [3.63, 3.8) is 0 Å². The number of hydrogen-bond donors (Lipinski definition) is 4. The SMILES string of the molecule is C.CC.CC.CC.CC.CC.CC.CC(=O)c1ccccc1.CC(C)(C)c1ccccc1.CC(C)=C(C)C.CC(c1ccccc1)(c1ccccc1)c1ccccc1.CO.CO.CO.O.Oc1ccccc1. The molecule has 0 saturated carbocycles. The second-order valence-corrected chi connectivity index (χ2v) is 14.1. The van der Waals surface area contributed by atoms with Crippen LogP contribution < -0.4 is 0 Å². The number of rotatable bonds is 4. The number of phenols is 1. The lowest BCUT2D eigenvalue weighted by Crippen LogP contribution is -2.25. The number of phenolic OH excluding ortho intramolecular Hbond substituents is 1. The molecule has 6 aromatic carbocycles. The van der Waals surface area contributed by atoms with Crippen LogP contribution in [0.15, 0.2) is 193 Å². The van der Waals surface area contributed by atoms with E-state index in [0.717, 1.165) is 26.9 Å². The standard InChI is InChI=1S/C20H18.C10H14.C8H8O.C6H6O.C6H12.6C2H6.3CH4O.CH4.H2O/c1-20(17-11-5-2-6-12-17,18-13-7-3-8-14-18)19-15-9-4-10-16-19;1-10(2,3)9-7-5-4-6-8-9;1-7(9)8-5-3-2-4-6-8;7-6-4-2-1-3-5-6;1-5(2)6(3)4;9*1-2;;/h2-16H,1H3;4-8H,1-3H3;2-6H,1H3;1-5,7H;1-4H3;6*1-2H3;3*2H,1H3;1H4;1H2. The number of hydrogen-bond acceptors (Lipinski definition) is 5. The minimum Gasteiger partial charge on any atom is -0.508 e. The summed E-state index contributed by atoms with van der Waals surface area (Å²) in [6.45, 7) is 43.0. The second kappa shape index (κ2) is 67.4. The first kappa shape index (κ1) is 89.3. The van der Waals surface area contributed by atoms with E-state index in [9.17, 15) is 4.79 Å². The summed E-state index contributed by atoms with van der Waals surface area (Å²) in [7, 11) is 3.00. The maximum Gasteiger partial charge on any atom is 0.159 e. The molecule has 0 spiro atoms. The van der Waals surface area contributed by atoms with E-state index < -0.39 is 0 Å². The van der Waals surface area contributed by atoms with E-state index in [4.69, 9.17) is 20.4 Å². The van der Waals surface area contributed by atoms with Crippen LogP contribution in [-0.4, -0.2) is 53.0 Å². The van der Waals surface area contributed by atoms with Gasteiger partial charge >= 0.3 is 0 Å². The molecule has 0 aliphatic heterocycles. The summed E-state index contributed by atoms with van der Waals surface area (Å²) < 4.78 is 0. The molecule has 0 fully saturated rings. The van der Waals surface area contributed by atoms with E-state index >= 15 is 0 Å². The molecule has 0 amide bonds. The van der Waals surface area contributed by atoms with Crippen molar-refractivity contribution in [1.29, 1.82) is 0 Å². The average molecular weight is 1000 g/mol. The van der Waals surface area contributed by atoms with Crippen LogP contribution in [0.5, 0.6) is 5.75 Å². The minimum absolute atomic E-state index is 0. The van der Waals surface area contributed by atoms with Crippen LogP contribution in [0, 0.1) is 0 Å². The third-order valence-corrected chi connectivity index (χ3v) is 8.63. The number of aliphatic hydroxyl groups is 3. The first-order chi connectivity index (χ1) is 33.8. The Morgan fingerprint density at radius 3 is 0.639 bits per heavy atom. The van der Waals surface area contributed by atoms with Gasteiger partial charge in [0.15, 0.2) is 5.78 Å². The largest absolute Gasteiger partial charge is 0.508 e. The van der Waals surface area contributed by atoms with Gasteiger partial charge in [0.25, 0.3) is 0 Å². The number of benzene rings is 6. The van der Waals surface area contributed by atoms with Gasteiger partial charge in [0.05, 0.1) is 0 Å². The summed E-state index contributed by atoms with van der Waals surface area (Å²) in [4.78, 5) is 10.6. The zero-order chi connectivity index (χ0) is 56.4. The van der Waals surface area contributed by atoms with Gasteiger partial charge in [-0.05, 0) is 81.3 Å². The molecule has 6 N–H and O–H groups in total. The summed E-state index contributed by atoms with van der Waals surface area (Å²) >= 11 is 0. The van der Waals surface area contributed by atoms with Gasteiger partial charge in [-0.15, -0.1) is 0 Å². The van der Waals surface area contributed by atoms with Gasteiger partial charge in [-0.1, -0.05) is 292 Å². The van der Waals surface area contributed by atoms with Crippen molar-refractivity contribution in [2.24, 2.45) is 0 Å². The van der Waals surface area contributed by atoms with Gasteiger partial charge < -0.3 is 25.9 Å². The second-order valence-electron chi connectivity index (χ2n) is 14.1. The predicted octanol–water partition coefficient (Wildman–Crippen LogP) is 18.5. The molecule has 6 aromatic rings. The zero-order valence-electron chi connectivity index (χ0n) is 49.5. The number of para-hydroxylation sites is 1. The molecule has 0 heterocycles. The summed E-state index contributed by atoms with van der Waals surface area (Å²) in [6.07, 6.45) is 0. The Bertz CT molecular complexity index is 1740. The Morgan fingerprint density at radius 1 is 0.333 bits per heavy atom. The van der Waals surface area contributed by atoms with E-state index in [1.54, 1.807) is 31.2 Å². The Kier molecular flexibility index (Phi) is 83.6. The molecule has 0 bridgehead atoms. The van der Waals surface area contributed by atoms with Crippen molar-refractivity contribution in [3.05, 3.63) is 221 Å². The van der Waals surface area contributed by atoms with Crippen molar-refractivity contribution in [1.82, 2.24) is 0 Å². The molecular weight excluding hydrogens is 889 g/mol. The Morgan fingerprint density at radius 2 is 0.514 bits per heavy atom. The van der Waals surface area contributed by atoms with E-state index in [-0.39, 0.29) is 24.1 Å². The lowest BCUT2D eigenvalue weighted by molar-refractivity contribution is 0.101. The summed E-state index contributed by atoms with van der Waals surface area (Å²) in [5.74, 6) is 0.443. The van der Waals surface area contributed by atoms with Gasteiger partial charge in [0, 0.05) is 32.3 Å². The van der Waals surface area contributed by atoms with Crippen molar-refractivity contribution < 1.29 is 30.7 Å². The fourth-order valence-electron chi connectivity index (χ4n) is 4.85. The first-order valence-electron chi connectivity index (χ1n) is 25.2. The lowest BCUT2D eigenvalue weighted by Gasteiger charge is -2.31. The van der Waals surface area contributed by atoms with Crippen LogP contribution in [0.3, 0.4) is 0 Å². The quantitative estimate of drug-likeness (QED) is 0.0794. The first-order valence-corrected chi connectivity index (χ1v) is 25.2. The highest BCUT2D eigenvalue weighted by Crippen LogP contribution is 2.38. The number of ketones is 1. The third-order valence-electron chi connectivity index (χ3n) is 8.63. The van der Waals surface area contributed by atoms with E-state index in [1.165, 1.54) is 33.4 Å². The molecule has 0 aromatic heterocycles.